The van der Waals surface area contributed by atoms with Gasteiger partial charge in [0.2, 0.25) is 11.5 Å². The largest absolute Gasteiger partial charge is 0.748 e. The molecule has 0 saturated carbocycles. The summed E-state index contributed by atoms with van der Waals surface area (Å²) in [5, 5.41) is 1.24. The summed E-state index contributed by atoms with van der Waals surface area (Å²) in [6.07, 6.45) is 5.36. The van der Waals surface area contributed by atoms with Gasteiger partial charge in [-0.15, -0.1) is 0 Å². The number of aryl methyl sites for hydroxylation is 2. The molecule has 1 aliphatic rings. The number of hydrogen-bond acceptors (Lipinski definition) is 6. The fourth-order valence-electron chi connectivity index (χ4n) is 3.94. The van der Waals surface area contributed by atoms with E-state index >= 15 is 0 Å². The van der Waals surface area contributed by atoms with Crippen LogP contribution in [0.25, 0.3) is 17.2 Å². The summed E-state index contributed by atoms with van der Waals surface area (Å²) in [4.78, 5) is 1.96. The normalized spacial score (nSPS) is 15.2. The third-order valence-electron chi connectivity index (χ3n) is 5.89. The van der Waals surface area contributed by atoms with Crippen molar-refractivity contribution in [1.29, 1.82) is 0 Å². The first-order valence-corrected chi connectivity index (χ1v) is 13.6. The molecular formula is C25H26Cl2N2O5S. The van der Waals surface area contributed by atoms with Gasteiger partial charge in [0, 0.05) is 34.5 Å². The van der Waals surface area contributed by atoms with E-state index in [2.05, 4.69) is 0 Å². The van der Waals surface area contributed by atoms with Crippen molar-refractivity contribution in [3.8, 4) is 5.75 Å². The quantitative estimate of drug-likeness (QED) is 0.207. The molecule has 0 amide bonds. The summed E-state index contributed by atoms with van der Waals surface area (Å²) in [7, 11) is -2.33. The van der Waals surface area contributed by atoms with E-state index in [0.717, 1.165) is 27.9 Å². The molecule has 4 rings (SSSR count). The van der Waals surface area contributed by atoms with E-state index in [1.807, 2.05) is 66.8 Å². The lowest BCUT2D eigenvalue weighted by Gasteiger charge is -2.19. The Balaban J connectivity index is 1.67. The lowest BCUT2D eigenvalue weighted by molar-refractivity contribution is -0.652. The second-order valence-electron chi connectivity index (χ2n) is 8.46. The van der Waals surface area contributed by atoms with Crippen molar-refractivity contribution in [3.63, 3.8) is 0 Å². The first-order valence-electron chi connectivity index (χ1n) is 11.2. The van der Waals surface area contributed by atoms with Crippen molar-refractivity contribution < 1.29 is 26.7 Å². The Labute approximate surface area is 214 Å². The van der Waals surface area contributed by atoms with E-state index in [-0.39, 0.29) is 6.42 Å². The molecule has 1 aromatic heterocycles. The highest BCUT2D eigenvalue weighted by atomic mass is 35.5. The topological polar surface area (TPSA) is 86.7 Å². The molecule has 0 N–H and O–H groups in total. The number of fused-ring (bicyclic) bond motifs is 2. The van der Waals surface area contributed by atoms with Gasteiger partial charge in [0.1, 0.15) is 7.05 Å². The molecule has 7 nitrogen and oxygen atoms in total. The predicted octanol–water partition coefficient (Wildman–Crippen LogP) is 5.73. The van der Waals surface area contributed by atoms with Crippen LogP contribution in [0.15, 0.2) is 52.3 Å². The van der Waals surface area contributed by atoms with Crippen molar-refractivity contribution >= 4 is 56.2 Å². The zero-order chi connectivity index (χ0) is 25.3. The second-order valence-corrected chi connectivity index (χ2v) is 10.8. The average molecular weight is 537 g/mol. The number of benzene rings is 2. The molecule has 0 unspecified atom stereocenters. The van der Waals surface area contributed by atoms with Crippen molar-refractivity contribution in [3.05, 3.63) is 69.4 Å². The molecule has 2 heterocycles. The van der Waals surface area contributed by atoms with Crippen molar-refractivity contribution in [2.45, 2.75) is 33.1 Å². The summed E-state index contributed by atoms with van der Waals surface area (Å²) in [6, 6.07) is 9.21. The molecule has 0 radical (unpaired) electrons. The van der Waals surface area contributed by atoms with Crippen molar-refractivity contribution in [2.75, 3.05) is 17.2 Å². The van der Waals surface area contributed by atoms with Gasteiger partial charge in [0.05, 0.1) is 21.9 Å². The first kappa shape index (κ1) is 25.6. The number of aromatic nitrogens is 1. The van der Waals surface area contributed by atoms with Gasteiger partial charge < -0.3 is 18.6 Å². The molecule has 0 atom stereocenters. The van der Waals surface area contributed by atoms with E-state index in [4.69, 9.17) is 32.4 Å². The molecule has 186 valence electrons. The summed E-state index contributed by atoms with van der Waals surface area (Å²) in [5.41, 5.74) is 4.27. The SMILES string of the molecule is CCC(=Cc1oc2ccc(Cl)cc2[n+]1C)C=C1Oc2cc(C)c(Cl)cc2N1CCCCS(=O)(=O)[O-]. The number of allylic oxidation sites excluding steroid dienone is 2. The smallest absolute Gasteiger partial charge is 0.374 e. The van der Waals surface area contributed by atoms with E-state index in [9.17, 15) is 13.0 Å². The van der Waals surface area contributed by atoms with Crippen molar-refractivity contribution in [2.24, 2.45) is 7.05 Å². The molecule has 1 aliphatic heterocycles. The number of anilines is 1. The lowest BCUT2D eigenvalue weighted by Crippen LogP contribution is -2.29. The van der Waals surface area contributed by atoms with Gasteiger partial charge in [-0.1, -0.05) is 30.1 Å². The lowest BCUT2D eigenvalue weighted by atomic mass is 10.1. The van der Waals surface area contributed by atoms with Gasteiger partial charge in [-0.25, -0.2) is 8.42 Å². The Bertz CT molecular complexity index is 1440. The summed E-state index contributed by atoms with van der Waals surface area (Å²) in [5.74, 6) is 1.54. The van der Waals surface area contributed by atoms with Crippen LogP contribution < -0.4 is 14.2 Å². The number of oxazole rings is 1. The number of hydrogen-bond donors (Lipinski definition) is 0. The Kier molecular flexibility index (Phi) is 7.47. The predicted molar refractivity (Wildman–Crippen MR) is 137 cm³/mol. The maximum absolute atomic E-state index is 11.0. The standard InChI is InChI=1S/C25H26Cl2N2O5S/c1-4-17(12-24-28(3)20-14-18(26)7-8-22(20)33-24)13-25-29(9-5-6-10-35(30,31)32)21-15-19(27)16(2)11-23(21)34-25/h7-8,11-15H,4-6,9-10H2,1-3H3. The van der Waals surface area contributed by atoms with E-state index < -0.39 is 15.9 Å². The number of rotatable bonds is 8. The van der Waals surface area contributed by atoms with Crippen LogP contribution in [0.2, 0.25) is 10.0 Å². The van der Waals surface area contributed by atoms with Crippen LogP contribution in [0.1, 0.15) is 37.6 Å². The summed E-state index contributed by atoms with van der Waals surface area (Å²) < 4.78 is 47.1. The van der Waals surface area contributed by atoms with Crippen LogP contribution in [0.4, 0.5) is 5.69 Å². The zero-order valence-electron chi connectivity index (χ0n) is 19.7. The molecule has 0 spiro atoms. The number of ether oxygens (including phenoxy) is 1. The second kappa shape index (κ2) is 10.2. The highest BCUT2D eigenvalue weighted by Crippen LogP contribution is 2.42. The number of nitrogens with zero attached hydrogens (tertiary/aromatic N) is 2. The fraction of sp³-hybridized carbons (Fsp3) is 0.320. The third-order valence-corrected chi connectivity index (χ3v) is 7.32. The zero-order valence-corrected chi connectivity index (χ0v) is 22.0. The Hall–Kier alpha value is -2.52. The van der Waals surface area contributed by atoms with E-state index in [0.29, 0.717) is 47.0 Å². The van der Waals surface area contributed by atoms with E-state index in [1.54, 1.807) is 6.07 Å². The molecule has 0 saturated heterocycles. The Morgan fingerprint density at radius 2 is 1.97 bits per heavy atom. The van der Waals surface area contributed by atoms with Crippen LogP contribution >= 0.6 is 23.2 Å². The monoisotopic (exact) mass is 536 g/mol. The molecule has 0 bridgehead atoms. The Morgan fingerprint density at radius 1 is 1.20 bits per heavy atom. The van der Waals surface area contributed by atoms with Crippen molar-refractivity contribution in [1.82, 2.24) is 0 Å². The van der Waals surface area contributed by atoms with Gasteiger partial charge in [0.15, 0.2) is 5.75 Å². The van der Waals surface area contributed by atoms with Crippen LogP contribution in [0, 0.1) is 6.92 Å². The average Bonchev–Trinajstić information content (AvgIpc) is 3.27. The van der Waals surface area contributed by atoms with Gasteiger partial charge in [-0.2, -0.15) is 4.57 Å². The molecule has 10 heteroatoms. The minimum atomic E-state index is -4.25. The van der Waals surface area contributed by atoms with Crippen LogP contribution in [0.5, 0.6) is 5.75 Å². The number of halogens is 2. The molecule has 3 aromatic rings. The maximum Gasteiger partial charge on any atom is 0.374 e. The number of unbranched alkanes of at least 4 members (excludes halogenated alkanes) is 1. The van der Waals surface area contributed by atoms with Gasteiger partial charge in [0.25, 0.3) is 5.52 Å². The molecular weight excluding hydrogens is 511 g/mol. The van der Waals surface area contributed by atoms with Crippen LogP contribution in [-0.2, 0) is 17.2 Å². The van der Waals surface area contributed by atoms with Gasteiger partial charge >= 0.3 is 5.89 Å². The third kappa shape index (κ3) is 5.83. The summed E-state index contributed by atoms with van der Waals surface area (Å²) in [6.45, 7) is 4.42. The van der Waals surface area contributed by atoms with E-state index in [1.165, 1.54) is 0 Å². The summed E-state index contributed by atoms with van der Waals surface area (Å²) >= 11 is 12.5. The van der Waals surface area contributed by atoms with Gasteiger partial charge in [-0.3, -0.25) is 0 Å². The molecule has 0 aliphatic carbocycles. The van der Waals surface area contributed by atoms with Crippen LogP contribution in [0.3, 0.4) is 0 Å². The highest BCUT2D eigenvalue weighted by Gasteiger charge is 2.27. The van der Waals surface area contributed by atoms with Gasteiger partial charge in [-0.05, 0) is 61.6 Å². The minimum Gasteiger partial charge on any atom is -0.748 e. The maximum atomic E-state index is 11.0. The Morgan fingerprint density at radius 3 is 2.69 bits per heavy atom. The molecule has 2 aromatic carbocycles. The first-order chi connectivity index (χ1) is 16.6. The molecule has 0 fully saturated rings. The minimum absolute atomic E-state index is 0.262. The fourth-order valence-corrected chi connectivity index (χ4v) is 4.82. The van der Waals surface area contributed by atoms with Crippen LogP contribution in [-0.4, -0.2) is 25.3 Å². The molecule has 35 heavy (non-hydrogen) atoms. The highest BCUT2D eigenvalue weighted by molar-refractivity contribution is 7.85.